The zero-order chi connectivity index (χ0) is 19.7. The third-order valence-electron chi connectivity index (χ3n) is 4.26. The highest BCUT2D eigenvalue weighted by Gasteiger charge is 2.17. The molecule has 2 rings (SSSR count). The van der Waals surface area contributed by atoms with Gasteiger partial charge in [-0.15, -0.1) is 0 Å². The molecule has 2 aromatic carbocycles. The number of hydrogen-bond donors (Lipinski definition) is 2. The molecule has 0 aliphatic rings. The van der Waals surface area contributed by atoms with Crippen molar-refractivity contribution < 1.29 is 4.74 Å². The number of benzene rings is 2. The number of ether oxygens (including phenoxy) is 1. The van der Waals surface area contributed by atoms with Crippen LogP contribution in [0.15, 0.2) is 54.6 Å². The van der Waals surface area contributed by atoms with Gasteiger partial charge in [-0.25, -0.2) is 0 Å². The minimum absolute atomic E-state index is 0.131. The Hall–Kier alpha value is -1.84. The number of nitrogens with one attached hydrogen (secondary N) is 2. The molecule has 2 aromatic rings. The van der Waals surface area contributed by atoms with E-state index in [4.69, 9.17) is 4.74 Å². The maximum absolute atomic E-state index is 5.94. The van der Waals surface area contributed by atoms with E-state index >= 15 is 0 Å². The average Bonchev–Trinajstić information content (AvgIpc) is 2.59. The van der Waals surface area contributed by atoms with Gasteiger partial charge < -0.3 is 15.4 Å². The predicted octanol–water partition coefficient (Wildman–Crippen LogP) is 5.16. The van der Waals surface area contributed by atoms with Gasteiger partial charge in [0.1, 0.15) is 12.4 Å². The molecule has 0 fully saturated rings. The molecule has 0 heterocycles. The standard InChI is InChI=1S/C24H36N2O/c1-19(2)14-22(26-24(3,4)5)17-25-16-21-12-9-13-23(15-21)27-18-20-10-7-6-8-11-20/h6-13,15,19,22,25-26H,14,16-18H2,1-5H3/t22-/m0/s1. The summed E-state index contributed by atoms with van der Waals surface area (Å²) in [6, 6.07) is 19.1. The van der Waals surface area contributed by atoms with Gasteiger partial charge >= 0.3 is 0 Å². The first-order valence-electron chi connectivity index (χ1n) is 10.1. The minimum Gasteiger partial charge on any atom is -0.489 e. The SMILES string of the molecule is CC(C)C[C@@H](CNCc1cccc(OCc2ccccc2)c1)NC(C)(C)C. The Balaban J connectivity index is 1.84. The Labute approximate surface area is 165 Å². The molecule has 0 unspecified atom stereocenters. The fourth-order valence-corrected chi connectivity index (χ4v) is 3.25. The molecule has 0 aliphatic carbocycles. The quantitative estimate of drug-likeness (QED) is 0.608. The first-order chi connectivity index (χ1) is 12.8. The van der Waals surface area contributed by atoms with Gasteiger partial charge in [-0.3, -0.25) is 0 Å². The Bertz CT molecular complexity index is 662. The Morgan fingerprint density at radius 1 is 0.926 bits per heavy atom. The van der Waals surface area contributed by atoms with E-state index in [1.807, 2.05) is 24.3 Å². The van der Waals surface area contributed by atoms with Crippen LogP contribution in [-0.2, 0) is 13.2 Å². The predicted molar refractivity (Wildman–Crippen MR) is 115 cm³/mol. The normalized spacial score (nSPS) is 13.0. The lowest BCUT2D eigenvalue weighted by Gasteiger charge is -2.30. The maximum Gasteiger partial charge on any atom is 0.120 e. The molecule has 0 bridgehead atoms. The largest absolute Gasteiger partial charge is 0.489 e. The Morgan fingerprint density at radius 3 is 2.30 bits per heavy atom. The van der Waals surface area contributed by atoms with Crippen LogP contribution in [0, 0.1) is 5.92 Å². The van der Waals surface area contributed by atoms with Gasteiger partial charge in [0.2, 0.25) is 0 Å². The van der Waals surface area contributed by atoms with E-state index in [0.717, 1.165) is 18.8 Å². The van der Waals surface area contributed by atoms with Crippen LogP contribution in [0.1, 0.15) is 52.2 Å². The van der Waals surface area contributed by atoms with E-state index in [0.29, 0.717) is 18.6 Å². The summed E-state index contributed by atoms with van der Waals surface area (Å²) in [6.45, 7) is 13.7. The van der Waals surface area contributed by atoms with Crippen molar-refractivity contribution in [3.8, 4) is 5.75 Å². The lowest BCUT2D eigenvalue weighted by Crippen LogP contribution is -2.48. The van der Waals surface area contributed by atoms with Crippen molar-refractivity contribution in [1.82, 2.24) is 10.6 Å². The summed E-state index contributed by atoms with van der Waals surface area (Å²) >= 11 is 0. The molecule has 0 saturated carbocycles. The third-order valence-corrected chi connectivity index (χ3v) is 4.26. The molecule has 2 N–H and O–H groups in total. The molecule has 0 radical (unpaired) electrons. The maximum atomic E-state index is 5.94. The number of hydrogen-bond acceptors (Lipinski definition) is 3. The van der Waals surface area contributed by atoms with Gasteiger partial charge in [-0.2, -0.15) is 0 Å². The highest BCUT2D eigenvalue weighted by Crippen LogP contribution is 2.15. The first kappa shape index (κ1) is 21.5. The summed E-state index contributed by atoms with van der Waals surface area (Å²) < 4.78 is 5.94. The molecule has 0 spiro atoms. The van der Waals surface area contributed by atoms with Crippen LogP contribution in [0.2, 0.25) is 0 Å². The summed E-state index contributed by atoms with van der Waals surface area (Å²) in [5.74, 6) is 1.60. The molecule has 3 nitrogen and oxygen atoms in total. The van der Waals surface area contributed by atoms with Crippen molar-refractivity contribution in [2.75, 3.05) is 6.54 Å². The van der Waals surface area contributed by atoms with Gasteiger partial charge in [0.05, 0.1) is 0 Å². The lowest BCUT2D eigenvalue weighted by molar-refractivity contribution is 0.305. The summed E-state index contributed by atoms with van der Waals surface area (Å²) in [5.41, 5.74) is 2.57. The monoisotopic (exact) mass is 368 g/mol. The summed E-state index contributed by atoms with van der Waals surface area (Å²) in [6.07, 6.45) is 1.17. The molecule has 1 atom stereocenters. The summed E-state index contributed by atoms with van der Waals surface area (Å²) in [4.78, 5) is 0. The van der Waals surface area contributed by atoms with Crippen LogP contribution < -0.4 is 15.4 Å². The van der Waals surface area contributed by atoms with Crippen LogP contribution in [0.25, 0.3) is 0 Å². The van der Waals surface area contributed by atoms with E-state index < -0.39 is 0 Å². The second kappa shape index (κ2) is 10.5. The second-order valence-corrected chi connectivity index (χ2v) is 8.77. The molecule has 0 aliphatic heterocycles. The van der Waals surface area contributed by atoms with Crippen molar-refractivity contribution in [2.45, 2.75) is 65.8 Å². The van der Waals surface area contributed by atoms with Crippen LogP contribution in [0.3, 0.4) is 0 Å². The van der Waals surface area contributed by atoms with Gasteiger partial charge in [0, 0.05) is 24.7 Å². The van der Waals surface area contributed by atoms with Crippen LogP contribution in [0.4, 0.5) is 0 Å². The van der Waals surface area contributed by atoms with E-state index in [-0.39, 0.29) is 5.54 Å². The van der Waals surface area contributed by atoms with Crippen LogP contribution >= 0.6 is 0 Å². The third kappa shape index (κ3) is 9.07. The van der Waals surface area contributed by atoms with E-state index in [1.165, 1.54) is 17.5 Å². The summed E-state index contributed by atoms with van der Waals surface area (Å²) in [7, 11) is 0. The molecule has 148 valence electrons. The number of rotatable bonds is 10. The zero-order valence-electron chi connectivity index (χ0n) is 17.6. The van der Waals surface area contributed by atoms with E-state index in [1.54, 1.807) is 0 Å². The zero-order valence-corrected chi connectivity index (χ0v) is 17.6. The topological polar surface area (TPSA) is 33.3 Å². The molecular formula is C24H36N2O. The van der Waals surface area contributed by atoms with Gasteiger partial charge in [0.25, 0.3) is 0 Å². The highest BCUT2D eigenvalue weighted by molar-refractivity contribution is 5.29. The van der Waals surface area contributed by atoms with Crippen molar-refractivity contribution in [3.63, 3.8) is 0 Å². The van der Waals surface area contributed by atoms with Crippen molar-refractivity contribution in [1.29, 1.82) is 0 Å². The fourth-order valence-electron chi connectivity index (χ4n) is 3.25. The van der Waals surface area contributed by atoms with E-state index in [9.17, 15) is 0 Å². The van der Waals surface area contributed by atoms with Gasteiger partial charge in [-0.1, -0.05) is 56.3 Å². The highest BCUT2D eigenvalue weighted by atomic mass is 16.5. The Kier molecular flexibility index (Phi) is 8.33. The first-order valence-corrected chi connectivity index (χ1v) is 10.1. The summed E-state index contributed by atoms with van der Waals surface area (Å²) in [5, 5.41) is 7.35. The van der Waals surface area contributed by atoms with Gasteiger partial charge in [-0.05, 0) is 56.4 Å². The molecule has 0 aromatic heterocycles. The molecule has 27 heavy (non-hydrogen) atoms. The van der Waals surface area contributed by atoms with E-state index in [2.05, 4.69) is 75.6 Å². The lowest BCUT2D eigenvalue weighted by atomic mass is 9.99. The second-order valence-electron chi connectivity index (χ2n) is 8.77. The van der Waals surface area contributed by atoms with Crippen molar-refractivity contribution in [3.05, 3.63) is 65.7 Å². The Morgan fingerprint density at radius 2 is 1.63 bits per heavy atom. The van der Waals surface area contributed by atoms with Crippen molar-refractivity contribution >= 4 is 0 Å². The van der Waals surface area contributed by atoms with Crippen LogP contribution in [-0.4, -0.2) is 18.1 Å². The smallest absolute Gasteiger partial charge is 0.120 e. The minimum atomic E-state index is 0.131. The van der Waals surface area contributed by atoms with Crippen molar-refractivity contribution in [2.24, 2.45) is 5.92 Å². The van der Waals surface area contributed by atoms with Crippen LogP contribution in [0.5, 0.6) is 5.75 Å². The van der Waals surface area contributed by atoms with Gasteiger partial charge in [0.15, 0.2) is 0 Å². The molecule has 0 saturated heterocycles. The molecule has 0 amide bonds. The molecular weight excluding hydrogens is 332 g/mol. The fraction of sp³-hybridized carbons (Fsp3) is 0.500. The molecule has 3 heteroatoms. The average molecular weight is 369 g/mol.